The lowest BCUT2D eigenvalue weighted by Gasteiger charge is -2.12. The van der Waals surface area contributed by atoms with Crippen molar-refractivity contribution in [3.05, 3.63) is 53.0 Å². The van der Waals surface area contributed by atoms with Gasteiger partial charge in [-0.3, -0.25) is 0 Å². The number of nitrogens with zero attached hydrogens (tertiary/aromatic N) is 1. The van der Waals surface area contributed by atoms with Gasteiger partial charge in [-0.25, -0.2) is 4.98 Å². The molecule has 1 heterocycles. The Morgan fingerprint density at radius 3 is 2.55 bits per heavy atom. The third kappa shape index (κ3) is 2.29. The van der Waals surface area contributed by atoms with E-state index in [1.807, 2.05) is 13.0 Å². The summed E-state index contributed by atoms with van der Waals surface area (Å²) in [5, 5.41) is 0.904. The van der Waals surface area contributed by atoms with Crippen molar-refractivity contribution < 1.29 is 13.2 Å². The van der Waals surface area contributed by atoms with Crippen LogP contribution in [0.25, 0.3) is 21.3 Å². The van der Waals surface area contributed by atoms with Crippen LogP contribution >= 0.6 is 11.3 Å². The SMILES string of the molecule is Cc1nc2cc(-c3ccccc3C(F)(F)F)ccc2s1. The molecule has 0 aliphatic rings. The highest BCUT2D eigenvalue weighted by Crippen LogP contribution is 2.38. The van der Waals surface area contributed by atoms with Crippen LogP contribution in [0.3, 0.4) is 0 Å². The quantitative estimate of drug-likeness (QED) is 0.594. The Morgan fingerprint density at radius 1 is 1.05 bits per heavy atom. The second-order valence-corrected chi connectivity index (χ2v) is 5.69. The van der Waals surface area contributed by atoms with E-state index in [0.717, 1.165) is 21.3 Å². The summed E-state index contributed by atoms with van der Waals surface area (Å²) >= 11 is 1.53. The maximum atomic E-state index is 13.0. The molecule has 102 valence electrons. The summed E-state index contributed by atoms with van der Waals surface area (Å²) in [6, 6.07) is 10.9. The van der Waals surface area contributed by atoms with Gasteiger partial charge in [0.05, 0.1) is 20.8 Å². The van der Waals surface area contributed by atoms with Crippen LogP contribution in [0.4, 0.5) is 13.2 Å². The largest absolute Gasteiger partial charge is 0.417 e. The average Bonchev–Trinajstić information content (AvgIpc) is 2.76. The van der Waals surface area contributed by atoms with Crippen molar-refractivity contribution >= 4 is 21.6 Å². The zero-order valence-corrected chi connectivity index (χ0v) is 11.3. The first-order valence-electron chi connectivity index (χ1n) is 5.99. The Labute approximate surface area is 117 Å². The van der Waals surface area contributed by atoms with Gasteiger partial charge in [0.15, 0.2) is 0 Å². The molecule has 1 aromatic heterocycles. The molecular formula is C15H10F3NS. The number of alkyl halides is 3. The molecule has 0 saturated heterocycles. The minimum Gasteiger partial charge on any atom is -0.241 e. The van der Waals surface area contributed by atoms with Crippen LogP contribution in [-0.4, -0.2) is 4.98 Å². The maximum absolute atomic E-state index is 13.0. The monoisotopic (exact) mass is 293 g/mol. The number of benzene rings is 2. The smallest absolute Gasteiger partial charge is 0.241 e. The normalized spacial score (nSPS) is 12.0. The Bertz CT molecular complexity index is 774. The number of aromatic nitrogens is 1. The third-order valence-electron chi connectivity index (χ3n) is 3.04. The molecule has 3 rings (SSSR count). The van der Waals surface area contributed by atoms with Gasteiger partial charge in [0.25, 0.3) is 0 Å². The van der Waals surface area contributed by atoms with Crippen LogP contribution < -0.4 is 0 Å². The second-order valence-electron chi connectivity index (χ2n) is 4.46. The number of rotatable bonds is 1. The number of hydrogen-bond acceptors (Lipinski definition) is 2. The van der Waals surface area contributed by atoms with Gasteiger partial charge in [-0.15, -0.1) is 11.3 Å². The molecule has 0 radical (unpaired) electrons. The van der Waals surface area contributed by atoms with E-state index >= 15 is 0 Å². The highest BCUT2D eigenvalue weighted by atomic mass is 32.1. The fourth-order valence-corrected chi connectivity index (χ4v) is 3.00. The molecule has 0 atom stereocenters. The van der Waals surface area contributed by atoms with E-state index in [1.54, 1.807) is 18.2 Å². The molecule has 0 aliphatic heterocycles. The summed E-state index contributed by atoms with van der Waals surface area (Å²) in [6.07, 6.45) is -4.36. The molecule has 0 bridgehead atoms. The standard InChI is InChI=1S/C15H10F3NS/c1-9-19-13-8-10(6-7-14(13)20-9)11-4-2-3-5-12(11)15(16,17)18/h2-8H,1H3. The summed E-state index contributed by atoms with van der Waals surface area (Å²) in [6.45, 7) is 1.88. The van der Waals surface area contributed by atoms with Crippen molar-refractivity contribution in [3.63, 3.8) is 0 Å². The lowest BCUT2D eigenvalue weighted by molar-refractivity contribution is -0.137. The predicted molar refractivity (Wildman–Crippen MR) is 74.8 cm³/mol. The number of fused-ring (bicyclic) bond motifs is 1. The number of halogens is 3. The lowest BCUT2D eigenvalue weighted by atomic mass is 9.99. The summed E-state index contributed by atoms with van der Waals surface area (Å²) in [7, 11) is 0. The maximum Gasteiger partial charge on any atom is 0.417 e. The van der Waals surface area contributed by atoms with E-state index in [1.165, 1.54) is 23.5 Å². The van der Waals surface area contributed by atoms with Crippen LogP contribution in [-0.2, 0) is 6.18 Å². The van der Waals surface area contributed by atoms with Crippen LogP contribution in [0, 0.1) is 6.92 Å². The first-order valence-corrected chi connectivity index (χ1v) is 6.80. The second kappa shape index (κ2) is 4.59. The van der Waals surface area contributed by atoms with Gasteiger partial charge < -0.3 is 0 Å². The molecule has 1 nitrogen and oxygen atoms in total. The molecule has 2 aromatic carbocycles. The molecule has 0 saturated carbocycles. The van der Waals surface area contributed by atoms with Crippen molar-refractivity contribution in [1.82, 2.24) is 4.98 Å². The summed E-state index contributed by atoms with van der Waals surface area (Å²) < 4.78 is 40.1. The van der Waals surface area contributed by atoms with Gasteiger partial charge >= 0.3 is 6.18 Å². The first kappa shape index (κ1) is 13.1. The fourth-order valence-electron chi connectivity index (χ4n) is 2.19. The summed E-state index contributed by atoms with van der Waals surface area (Å²) in [5.41, 5.74) is 0.844. The molecule has 0 fully saturated rings. The average molecular weight is 293 g/mol. The Kier molecular flexibility index (Phi) is 3.01. The van der Waals surface area contributed by atoms with Crippen molar-refractivity contribution in [2.45, 2.75) is 13.1 Å². The van der Waals surface area contributed by atoms with E-state index in [-0.39, 0.29) is 5.56 Å². The highest BCUT2D eigenvalue weighted by molar-refractivity contribution is 7.18. The molecule has 0 amide bonds. The van der Waals surface area contributed by atoms with Crippen molar-refractivity contribution in [3.8, 4) is 11.1 Å². The van der Waals surface area contributed by atoms with Crippen molar-refractivity contribution in [1.29, 1.82) is 0 Å². The molecule has 0 aliphatic carbocycles. The first-order chi connectivity index (χ1) is 9.45. The minimum absolute atomic E-state index is 0.188. The van der Waals surface area contributed by atoms with E-state index < -0.39 is 11.7 Å². The zero-order chi connectivity index (χ0) is 14.3. The molecule has 5 heteroatoms. The lowest BCUT2D eigenvalue weighted by Crippen LogP contribution is -2.06. The highest BCUT2D eigenvalue weighted by Gasteiger charge is 2.33. The Balaban J connectivity index is 2.20. The van der Waals surface area contributed by atoms with Crippen LogP contribution in [0.15, 0.2) is 42.5 Å². The fraction of sp³-hybridized carbons (Fsp3) is 0.133. The van der Waals surface area contributed by atoms with Gasteiger partial charge in [-0.2, -0.15) is 13.2 Å². The molecule has 20 heavy (non-hydrogen) atoms. The topological polar surface area (TPSA) is 12.9 Å². The summed E-state index contributed by atoms with van der Waals surface area (Å²) in [5.74, 6) is 0. The Hall–Kier alpha value is -1.88. The van der Waals surface area contributed by atoms with Crippen LogP contribution in [0.2, 0.25) is 0 Å². The van der Waals surface area contributed by atoms with Crippen molar-refractivity contribution in [2.24, 2.45) is 0 Å². The van der Waals surface area contributed by atoms with Gasteiger partial charge in [0.2, 0.25) is 0 Å². The zero-order valence-electron chi connectivity index (χ0n) is 10.5. The van der Waals surface area contributed by atoms with Crippen LogP contribution in [0.5, 0.6) is 0 Å². The Morgan fingerprint density at radius 2 is 1.80 bits per heavy atom. The minimum atomic E-state index is -4.36. The van der Waals surface area contributed by atoms with E-state index in [9.17, 15) is 13.2 Å². The van der Waals surface area contributed by atoms with Gasteiger partial charge in [0.1, 0.15) is 0 Å². The van der Waals surface area contributed by atoms with Crippen LogP contribution in [0.1, 0.15) is 10.6 Å². The van der Waals surface area contributed by atoms with E-state index in [0.29, 0.717) is 5.56 Å². The molecular weight excluding hydrogens is 283 g/mol. The molecule has 0 unspecified atom stereocenters. The van der Waals surface area contributed by atoms with Gasteiger partial charge in [-0.05, 0) is 36.2 Å². The predicted octanol–water partition coefficient (Wildman–Crippen LogP) is 5.29. The summed E-state index contributed by atoms with van der Waals surface area (Å²) in [4.78, 5) is 4.33. The van der Waals surface area contributed by atoms with E-state index in [4.69, 9.17) is 0 Å². The number of hydrogen-bond donors (Lipinski definition) is 0. The molecule has 0 N–H and O–H groups in total. The number of thiazole rings is 1. The molecule has 0 spiro atoms. The third-order valence-corrected chi connectivity index (χ3v) is 3.99. The molecule has 3 aromatic rings. The number of aryl methyl sites for hydroxylation is 1. The van der Waals surface area contributed by atoms with Crippen molar-refractivity contribution in [2.75, 3.05) is 0 Å². The van der Waals surface area contributed by atoms with Gasteiger partial charge in [-0.1, -0.05) is 24.3 Å². The van der Waals surface area contributed by atoms with Gasteiger partial charge in [0, 0.05) is 0 Å². The van der Waals surface area contributed by atoms with E-state index in [2.05, 4.69) is 4.98 Å².